The minimum atomic E-state index is -0.688. The van der Waals surface area contributed by atoms with Gasteiger partial charge in [0.25, 0.3) is 5.91 Å². The van der Waals surface area contributed by atoms with Gasteiger partial charge in [-0.2, -0.15) is 0 Å². The Balaban J connectivity index is 1.78. The van der Waals surface area contributed by atoms with Gasteiger partial charge in [0.1, 0.15) is 11.3 Å². The number of aryl methyl sites for hydroxylation is 2. The predicted octanol–water partition coefficient (Wildman–Crippen LogP) is 1.47. The molecule has 1 aromatic heterocycles. The molecule has 3 amide bonds. The molecule has 0 aromatic carbocycles. The van der Waals surface area contributed by atoms with Gasteiger partial charge in [-0.1, -0.05) is 24.9 Å². The third-order valence-electron chi connectivity index (χ3n) is 3.75. The first-order valence-electron chi connectivity index (χ1n) is 7.73. The van der Waals surface area contributed by atoms with E-state index in [1.165, 1.54) is 0 Å². The van der Waals surface area contributed by atoms with E-state index in [1.807, 2.05) is 6.92 Å². The second kappa shape index (κ2) is 7.75. The maximum atomic E-state index is 12.0. The van der Waals surface area contributed by atoms with Crippen molar-refractivity contribution in [2.75, 3.05) is 6.61 Å². The van der Waals surface area contributed by atoms with Crippen LogP contribution in [0.15, 0.2) is 4.52 Å². The molecule has 1 saturated carbocycles. The number of ether oxygens (including phenoxy) is 1. The Bertz CT molecular complexity index is 590. The number of hydrogen-bond donors (Lipinski definition) is 2. The van der Waals surface area contributed by atoms with E-state index in [9.17, 15) is 14.4 Å². The van der Waals surface area contributed by atoms with Crippen LogP contribution in [0.4, 0.5) is 4.79 Å². The minimum Gasteiger partial charge on any atom is -0.452 e. The molecular formula is C15H21N3O5. The lowest BCUT2D eigenvalue weighted by Gasteiger charge is -2.12. The smallest absolute Gasteiger partial charge is 0.344 e. The number of esters is 1. The van der Waals surface area contributed by atoms with Crippen molar-refractivity contribution in [3.05, 3.63) is 17.0 Å². The largest absolute Gasteiger partial charge is 0.452 e. The molecule has 8 nitrogen and oxygen atoms in total. The van der Waals surface area contributed by atoms with Gasteiger partial charge in [-0.25, -0.2) is 9.59 Å². The van der Waals surface area contributed by atoms with Crippen LogP contribution in [0.1, 0.15) is 54.4 Å². The molecule has 8 heteroatoms. The molecule has 1 fully saturated rings. The van der Waals surface area contributed by atoms with Gasteiger partial charge in [0.2, 0.25) is 0 Å². The summed E-state index contributed by atoms with van der Waals surface area (Å²) in [6.07, 6.45) is 4.51. The monoisotopic (exact) mass is 323 g/mol. The van der Waals surface area contributed by atoms with Gasteiger partial charge in [-0.3, -0.25) is 10.1 Å². The quantitative estimate of drug-likeness (QED) is 0.794. The van der Waals surface area contributed by atoms with Crippen LogP contribution in [0.2, 0.25) is 0 Å². The van der Waals surface area contributed by atoms with Crippen LogP contribution >= 0.6 is 0 Å². The zero-order valence-electron chi connectivity index (χ0n) is 13.3. The van der Waals surface area contributed by atoms with Crippen LogP contribution in [0.3, 0.4) is 0 Å². The van der Waals surface area contributed by atoms with Gasteiger partial charge in [-0.15, -0.1) is 0 Å². The highest BCUT2D eigenvalue weighted by molar-refractivity contribution is 5.97. The predicted molar refractivity (Wildman–Crippen MR) is 79.8 cm³/mol. The molecule has 1 heterocycles. The average Bonchev–Trinajstić information content (AvgIpc) is 3.13. The Morgan fingerprint density at radius 2 is 2.00 bits per heavy atom. The van der Waals surface area contributed by atoms with E-state index in [0.29, 0.717) is 17.9 Å². The molecule has 0 bridgehead atoms. The number of nitrogens with zero attached hydrogens (tertiary/aromatic N) is 1. The molecule has 0 atom stereocenters. The molecule has 126 valence electrons. The van der Waals surface area contributed by atoms with Gasteiger partial charge >= 0.3 is 12.0 Å². The topological polar surface area (TPSA) is 111 Å². The summed E-state index contributed by atoms with van der Waals surface area (Å²) in [5, 5.41) is 8.61. The van der Waals surface area contributed by atoms with Crippen molar-refractivity contribution in [1.29, 1.82) is 0 Å². The fourth-order valence-electron chi connectivity index (χ4n) is 2.58. The van der Waals surface area contributed by atoms with Crippen molar-refractivity contribution in [3.63, 3.8) is 0 Å². The fourth-order valence-corrected chi connectivity index (χ4v) is 2.58. The van der Waals surface area contributed by atoms with Gasteiger partial charge in [0.15, 0.2) is 6.61 Å². The molecule has 1 aliphatic rings. The number of rotatable bonds is 5. The highest BCUT2D eigenvalue weighted by Gasteiger charge is 2.22. The number of nitrogens with one attached hydrogen (secondary N) is 2. The Kier molecular flexibility index (Phi) is 5.72. The van der Waals surface area contributed by atoms with E-state index in [1.54, 1.807) is 6.92 Å². The summed E-state index contributed by atoms with van der Waals surface area (Å²) in [4.78, 5) is 35.3. The number of imide groups is 1. The standard InChI is InChI=1S/C15H21N3O5/c1-3-11-13(9(2)23-18-11)14(20)22-8-12(19)17-15(21)16-10-6-4-5-7-10/h10H,3-8H2,1-2H3,(H2,16,17,19,21). The molecule has 1 aromatic rings. The second-order valence-corrected chi connectivity index (χ2v) is 5.49. The van der Waals surface area contributed by atoms with Gasteiger partial charge in [0.05, 0.1) is 5.69 Å². The summed E-state index contributed by atoms with van der Waals surface area (Å²) >= 11 is 0. The summed E-state index contributed by atoms with van der Waals surface area (Å²) in [6, 6.07) is -0.453. The second-order valence-electron chi connectivity index (χ2n) is 5.49. The van der Waals surface area contributed by atoms with Crippen molar-refractivity contribution < 1.29 is 23.6 Å². The lowest BCUT2D eigenvalue weighted by Crippen LogP contribution is -2.45. The van der Waals surface area contributed by atoms with Crippen molar-refractivity contribution in [1.82, 2.24) is 15.8 Å². The minimum absolute atomic E-state index is 0.108. The Labute approximate surface area is 133 Å². The van der Waals surface area contributed by atoms with Gasteiger partial charge in [-0.05, 0) is 26.2 Å². The molecule has 23 heavy (non-hydrogen) atoms. The SMILES string of the molecule is CCc1noc(C)c1C(=O)OCC(=O)NC(=O)NC1CCCC1. The van der Waals surface area contributed by atoms with E-state index in [-0.39, 0.29) is 11.6 Å². The van der Waals surface area contributed by atoms with Crippen molar-refractivity contribution in [3.8, 4) is 0 Å². The first-order valence-corrected chi connectivity index (χ1v) is 7.73. The first kappa shape index (κ1) is 17.0. The maximum absolute atomic E-state index is 12.0. The van der Waals surface area contributed by atoms with Crippen LogP contribution in [0.25, 0.3) is 0 Å². The molecule has 0 saturated heterocycles. The van der Waals surface area contributed by atoms with E-state index in [0.717, 1.165) is 25.7 Å². The zero-order chi connectivity index (χ0) is 16.8. The molecule has 2 rings (SSSR count). The van der Waals surface area contributed by atoms with Crippen LogP contribution < -0.4 is 10.6 Å². The Hall–Kier alpha value is -2.38. The van der Waals surface area contributed by atoms with E-state index < -0.39 is 24.5 Å². The third kappa shape index (κ3) is 4.54. The van der Waals surface area contributed by atoms with Crippen LogP contribution in [-0.2, 0) is 16.0 Å². The van der Waals surface area contributed by atoms with E-state index >= 15 is 0 Å². The first-order chi connectivity index (χ1) is 11.0. The lowest BCUT2D eigenvalue weighted by molar-refractivity contribution is -0.123. The number of carbonyl (C=O) groups excluding carboxylic acids is 3. The van der Waals surface area contributed by atoms with Crippen LogP contribution in [0, 0.1) is 6.92 Å². The highest BCUT2D eigenvalue weighted by Crippen LogP contribution is 2.17. The highest BCUT2D eigenvalue weighted by atomic mass is 16.5. The summed E-state index contributed by atoms with van der Waals surface area (Å²) in [6.45, 7) is 2.89. The summed E-state index contributed by atoms with van der Waals surface area (Å²) in [7, 11) is 0. The number of urea groups is 1. The zero-order valence-corrected chi connectivity index (χ0v) is 13.3. The van der Waals surface area contributed by atoms with Crippen LogP contribution in [0.5, 0.6) is 0 Å². The molecule has 0 radical (unpaired) electrons. The van der Waals surface area contributed by atoms with Gasteiger partial charge in [0, 0.05) is 6.04 Å². The van der Waals surface area contributed by atoms with Gasteiger partial charge < -0.3 is 14.6 Å². The number of amides is 3. The maximum Gasteiger partial charge on any atom is 0.344 e. The Morgan fingerprint density at radius 3 is 2.65 bits per heavy atom. The van der Waals surface area contributed by atoms with Crippen molar-refractivity contribution in [2.45, 2.75) is 52.0 Å². The molecule has 1 aliphatic carbocycles. The molecule has 0 unspecified atom stereocenters. The van der Waals surface area contributed by atoms with E-state index in [4.69, 9.17) is 9.26 Å². The summed E-state index contributed by atoms with van der Waals surface area (Å²) < 4.78 is 9.85. The van der Waals surface area contributed by atoms with Crippen molar-refractivity contribution in [2.24, 2.45) is 0 Å². The molecular weight excluding hydrogens is 302 g/mol. The molecule has 0 aliphatic heterocycles. The number of aromatic nitrogens is 1. The van der Waals surface area contributed by atoms with E-state index in [2.05, 4.69) is 15.8 Å². The third-order valence-corrected chi connectivity index (χ3v) is 3.75. The lowest BCUT2D eigenvalue weighted by atomic mass is 10.1. The van der Waals surface area contributed by atoms with Crippen molar-refractivity contribution >= 4 is 17.9 Å². The summed E-state index contributed by atoms with van der Waals surface area (Å²) in [5.41, 5.74) is 0.711. The molecule has 2 N–H and O–H groups in total. The molecule has 0 spiro atoms. The number of carbonyl (C=O) groups is 3. The summed E-state index contributed by atoms with van der Waals surface area (Å²) in [5.74, 6) is -1.03. The van der Waals surface area contributed by atoms with Crippen LogP contribution in [-0.4, -0.2) is 35.7 Å². The average molecular weight is 323 g/mol. The normalized spacial score (nSPS) is 14.5. The fraction of sp³-hybridized carbons (Fsp3) is 0.600. The number of hydrogen-bond acceptors (Lipinski definition) is 6. The Morgan fingerprint density at radius 1 is 1.30 bits per heavy atom.